The zero-order chi connectivity index (χ0) is 12.5. The highest BCUT2D eigenvalue weighted by molar-refractivity contribution is 5.57. The van der Waals surface area contributed by atoms with E-state index in [1.165, 1.54) is 36.9 Å². The van der Waals surface area contributed by atoms with Gasteiger partial charge in [0.1, 0.15) is 0 Å². The molecule has 2 heteroatoms. The second kappa shape index (κ2) is 4.93. The highest BCUT2D eigenvalue weighted by Gasteiger charge is 2.28. The molecule has 1 fully saturated rings. The van der Waals surface area contributed by atoms with Crippen molar-refractivity contribution in [2.75, 3.05) is 11.4 Å². The van der Waals surface area contributed by atoms with Crippen molar-refractivity contribution in [1.82, 2.24) is 5.32 Å². The maximum atomic E-state index is 3.66. The van der Waals surface area contributed by atoms with E-state index in [2.05, 4.69) is 48.3 Å². The number of para-hydroxylation sites is 1. The van der Waals surface area contributed by atoms with Gasteiger partial charge in [0.15, 0.2) is 0 Å². The van der Waals surface area contributed by atoms with Crippen molar-refractivity contribution in [3.8, 4) is 0 Å². The molecule has 1 aliphatic carbocycles. The van der Waals surface area contributed by atoms with Gasteiger partial charge in [0.2, 0.25) is 0 Å². The van der Waals surface area contributed by atoms with Crippen LogP contribution in [0.3, 0.4) is 0 Å². The number of nitrogens with zero attached hydrogens (tertiary/aromatic N) is 1. The van der Waals surface area contributed by atoms with Gasteiger partial charge in [-0.1, -0.05) is 18.2 Å². The predicted octanol–water partition coefficient (Wildman–Crippen LogP) is 2.97. The van der Waals surface area contributed by atoms with Gasteiger partial charge in [0, 0.05) is 30.4 Å². The summed E-state index contributed by atoms with van der Waals surface area (Å²) in [6.45, 7) is 5.83. The molecule has 2 aliphatic rings. The molecule has 0 spiro atoms. The lowest BCUT2D eigenvalue weighted by Gasteiger charge is -2.41. The molecular formula is C16H24N2. The summed E-state index contributed by atoms with van der Waals surface area (Å²) in [4.78, 5) is 2.62. The average Bonchev–Trinajstić information content (AvgIpc) is 3.20. The van der Waals surface area contributed by atoms with Crippen molar-refractivity contribution in [2.24, 2.45) is 0 Å². The Morgan fingerprint density at radius 3 is 2.83 bits per heavy atom. The summed E-state index contributed by atoms with van der Waals surface area (Å²) >= 11 is 0. The van der Waals surface area contributed by atoms with Crippen molar-refractivity contribution >= 4 is 5.69 Å². The Morgan fingerprint density at radius 1 is 1.28 bits per heavy atom. The first-order valence-corrected chi connectivity index (χ1v) is 7.35. The zero-order valence-corrected chi connectivity index (χ0v) is 11.5. The van der Waals surface area contributed by atoms with E-state index in [1.807, 2.05) is 0 Å². The zero-order valence-electron chi connectivity index (χ0n) is 11.5. The van der Waals surface area contributed by atoms with E-state index in [1.54, 1.807) is 0 Å². The predicted molar refractivity (Wildman–Crippen MR) is 77.2 cm³/mol. The summed E-state index contributed by atoms with van der Waals surface area (Å²) in [5.41, 5.74) is 2.98. The minimum atomic E-state index is 0.585. The summed E-state index contributed by atoms with van der Waals surface area (Å²) in [6.07, 6.45) is 5.26. The Balaban J connectivity index is 1.75. The first kappa shape index (κ1) is 12.0. The Labute approximate surface area is 110 Å². The van der Waals surface area contributed by atoms with Crippen LogP contribution in [-0.2, 0) is 6.42 Å². The van der Waals surface area contributed by atoms with Gasteiger partial charge in [-0.05, 0) is 51.2 Å². The van der Waals surface area contributed by atoms with Crippen LogP contribution in [0.5, 0.6) is 0 Å². The van der Waals surface area contributed by atoms with Crippen LogP contribution in [0.15, 0.2) is 24.3 Å². The molecule has 1 N–H and O–H groups in total. The summed E-state index contributed by atoms with van der Waals surface area (Å²) < 4.78 is 0. The van der Waals surface area contributed by atoms with Gasteiger partial charge in [0.05, 0.1) is 0 Å². The summed E-state index contributed by atoms with van der Waals surface area (Å²) in [5, 5.41) is 3.66. The molecule has 1 aliphatic heterocycles. The third kappa shape index (κ3) is 2.39. The molecule has 1 heterocycles. The SMILES string of the molecule is CC1CCc2ccccc2N1C(C)CNC1CC1. The van der Waals surface area contributed by atoms with E-state index in [4.69, 9.17) is 0 Å². The molecule has 2 atom stereocenters. The average molecular weight is 244 g/mol. The standard InChI is InChI=1S/C16H24N2/c1-12-7-8-14-5-3-4-6-16(14)18(12)13(2)11-17-15-9-10-15/h3-6,12-13,15,17H,7-11H2,1-2H3. The van der Waals surface area contributed by atoms with Crippen LogP contribution in [0, 0.1) is 0 Å². The number of anilines is 1. The third-order valence-electron chi connectivity index (χ3n) is 4.33. The topological polar surface area (TPSA) is 15.3 Å². The Morgan fingerprint density at radius 2 is 2.06 bits per heavy atom. The van der Waals surface area contributed by atoms with Crippen LogP contribution in [-0.4, -0.2) is 24.7 Å². The Bertz CT molecular complexity index is 411. The van der Waals surface area contributed by atoms with E-state index in [-0.39, 0.29) is 0 Å². The van der Waals surface area contributed by atoms with E-state index in [0.717, 1.165) is 12.6 Å². The van der Waals surface area contributed by atoms with Crippen molar-refractivity contribution in [1.29, 1.82) is 0 Å². The number of aryl methyl sites for hydroxylation is 1. The van der Waals surface area contributed by atoms with Gasteiger partial charge in [-0.25, -0.2) is 0 Å². The number of fused-ring (bicyclic) bond motifs is 1. The molecule has 18 heavy (non-hydrogen) atoms. The summed E-state index contributed by atoms with van der Waals surface area (Å²) in [6, 6.07) is 11.0. The second-order valence-corrected chi connectivity index (χ2v) is 5.96. The van der Waals surface area contributed by atoms with Gasteiger partial charge in [0.25, 0.3) is 0 Å². The van der Waals surface area contributed by atoms with Crippen LogP contribution in [0.2, 0.25) is 0 Å². The monoisotopic (exact) mass is 244 g/mol. The fourth-order valence-electron chi connectivity index (χ4n) is 3.11. The van der Waals surface area contributed by atoms with Crippen molar-refractivity contribution in [2.45, 2.75) is 57.7 Å². The smallest absolute Gasteiger partial charge is 0.0404 e. The number of benzene rings is 1. The molecule has 0 saturated heterocycles. The summed E-state index contributed by atoms with van der Waals surface area (Å²) in [5.74, 6) is 0. The molecule has 0 amide bonds. The largest absolute Gasteiger partial charge is 0.365 e. The highest BCUT2D eigenvalue weighted by atomic mass is 15.2. The number of hydrogen-bond acceptors (Lipinski definition) is 2. The van der Waals surface area contributed by atoms with Crippen molar-refractivity contribution in [3.05, 3.63) is 29.8 Å². The Hall–Kier alpha value is -1.02. The molecular weight excluding hydrogens is 220 g/mol. The maximum Gasteiger partial charge on any atom is 0.0404 e. The first-order valence-electron chi connectivity index (χ1n) is 7.35. The number of rotatable bonds is 4. The fraction of sp³-hybridized carbons (Fsp3) is 0.625. The molecule has 2 unspecified atom stereocenters. The quantitative estimate of drug-likeness (QED) is 0.876. The minimum absolute atomic E-state index is 0.585. The van der Waals surface area contributed by atoms with E-state index in [0.29, 0.717) is 12.1 Å². The molecule has 1 aromatic rings. The minimum Gasteiger partial charge on any atom is -0.365 e. The lowest BCUT2D eigenvalue weighted by molar-refractivity contribution is 0.477. The van der Waals surface area contributed by atoms with Crippen LogP contribution in [0.4, 0.5) is 5.69 Å². The number of hydrogen-bond donors (Lipinski definition) is 1. The lowest BCUT2D eigenvalue weighted by atomic mass is 9.95. The molecule has 1 saturated carbocycles. The molecule has 2 nitrogen and oxygen atoms in total. The second-order valence-electron chi connectivity index (χ2n) is 5.96. The Kier molecular flexibility index (Phi) is 3.29. The van der Waals surface area contributed by atoms with Crippen LogP contribution in [0.1, 0.15) is 38.7 Å². The summed E-state index contributed by atoms with van der Waals surface area (Å²) in [7, 11) is 0. The van der Waals surface area contributed by atoms with Crippen LogP contribution >= 0.6 is 0 Å². The molecule has 1 aromatic carbocycles. The molecule has 98 valence electrons. The van der Waals surface area contributed by atoms with E-state index < -0.39 is 0 Å². The normalized spacial score (nSPS) is 24.8. The highest BCUT2D eigenvalue weighted by Crippen LogP contribution is 2.32. The van der Waals surface area contributed by atoms with Crippen molar-refractivity contribution < 1.29 is 0 Å². The molecule has 0 radical (unpaired) electrons. The van der Waals surface area contributed by atoms with Crippen LogP contribution in [0.25, 0.3) is 0 Å². The molecule has 0 bridgehead atoms. The van der Waals surface area contributed by atoms with Gasteiger partial charge in [-0.3, -0.25) is 0 Å². The number of nitrogens with one attached hydrogen (secondary N) is 1. The van der Waals surface area contributed by atoms with E-state index >= 15 is 0 Å². The third-order valence-corrected chi connectivity index (χ3v) is 4.33. The molecule has 0 aromatic heterocycles. The van der Waals surface area contributed by atoms with Gasteiger partial charge in [-0.15, -0.1) is 0 Å². The molecule has 3 rings (SSSR count). The van der Waals surface area contributed by atoms with E-state index in [9.17, 15) is 0 Å². The first-order chi connectivity index (χ1) is 8.75. The maximum absolute atomic E-state index is 3.66. The van der Waals surface area contributed by atoms with Crippen molar-refractivity contribution in [3.63, 3.8) is 0 Å². The lowest BCUT2D eigenvalue weighted by Crippen LogP contribution is -2.48. The van der Waals surface area contributed by atoms with Crippen LogP contribution < -0.4 is 10.2 Å². The van der Waals surface area contributed by atoms with Gasteiger partial charge >= 0.3 is 0 Å². The fourth-order valence-corrected chi connectivity index (χ4v) is 3.11. The van der Waals surface area contributed by atoms with Gasteiger partial charge < -0.3 is 10.2 Å². The van der Waals surface area contributed by atoms with Gasteiger partial charge in [-0.2, -0.15) is 0 Å².